The first-order valence-electron chi connectivity index (χ1n) is 6.89. The van der Waals surface area contributed by atoms with E-state index in [1.54, 1.807) is 6.07 Å². The molecule has 0 aliphatic rings. The van der Waals surface area contributed by atoms with Gasteiger partial charge in [0.2, 0.25) is 0 Å². The molecule has 3 N–H and O–H groups in total. The van der Waals surface area contributed by atoms with Gasteiger partial charge in [-0.15, -0.1) is 0 Å². The molecule has 9 heteroatoms. The largest absolute Gasteiger partial charge is 0.363 e. The van der Waals surface area contributed by atoms with Gasteiger partial charge in [-0.1, -0.05) is 11.6 Å². The molecule has 128 valence electrons. The average Bonchev–Trinajstić information content (AvgIpc) is 2.78. The minimum atomic E-state index is -1.19. The van der Waals surface area contributed by atoms with Crippen molar-refractivity contribution in [3.05, 3.63) is 51.6 Å². The Hall–Kier alpha value is -3.18. The zero-order valence-electron chi connectivity index (χ0n) is 13.2. The maximum absolute atomic E-state index is 13.3. The first-order valence-corrected chi connectivity index (χ1v) is 7.26. The van der Waals surface area contributed by atoms with Crippen LogP contribution in [0.2, 0.25) is 5.02 Å². The highest BCUT2D eigenvalue weighted by molar-refractivity contribution is 6.48. The van der Waals surface area contributed by atoms with E-state index in [1.165, 1.54) is 24.6 Å². The van der Waals surface area contributed by atoms with Gasteiger partial charge in [-0.2, -0.15) is 5.26 Å². The second-order valence-corrected chi connectivity index (χ2v) is 5.51. The average molecular weight is 363 g/mol. The lowest BCUT2D eigenvalue weighted by atomic mass is 10.1. The Morgan fingerprint density at radius 1 is 1.36 bits per heavy atom. The maximum atomic E-state index is 13.3. The minimum Gasteiger partial charge on any atom is -0.363 e. The van der Waals surface area contributed by atoms with E-state index in [1.807, 2.05) is 0 Å². The summed E-state index contributed by atoms with van der Waals surface area (Å²) < 4.78 is 14.7. The van der Waals surface area contributed by atoms with Gasteiger partial charge in [0.05, 0.1) is 16.1 Å². The van der Waals surface area contributed by atoms with Crippen molar-refractivity contribution in [2.75, 3.05) is 5.32 Å². The minimum absolute atomic E-state index is 0.0772. The van der Waals surface area contributed by atoms with Gasteiger partial charge < -0.3 is 15.6 Å². The topological polar surface area (TPSA) is 118 Å². The van der Waals surface area contributed by atoms with Crippen molar-refractivity contribution in [1.82, 2.24) is 4.57 Å². The standard InChI is InChI=1S/C16H12ClFN4O3/c1-7-11(14(23)15(20)24)12(17)13(22(7)2)16(25)21-9-3-4-10(18)8(5-9)6-19/h3-5H,1-2H3,(H2,20,24)(H,21,25). The lowest BCUT2D eigenvalue weighted by Crippen LogP contribution is -2.23. The smallest absolute Gasteiger partial charge is 0.289 e. The summed E-state index contributed by atoms with van der Waals surface area (Å²) >= 11 is 6.10. The number of aromatic nitrogens is 1. The van der Waals surface area contributed by atoms with Crippen molar-refractivity contribution in [3.8, 4) is 6.07 Å². The Bertz CT molecular complexity index is 959. The summed E-state index contributed by atoms with van der Waals surface area (Å²) in [6.45, 7) is 1.50. The fourth-order valence-electron chi connectivity index (χ4n) is 2.28. The number of rotatable bonds is 4. The number of Topliss-reactive ketones (excluding diaryl/α,β-unsaturated/α-hetero) is 1. The van der Waals surface area contributed by atoms with Crippen LogP contribution >= 0.6 is 11.6 Å². The summed E-state index contributed by atoms with van der Waals surface area (Å²) in [5.41, 5.74) is 4.97. The summed E-state index contributed by atoms with van der Waals surface area (Å²) in [5.74, 6) is -3.62. The second-order valence-electron chi connectivity index (χ2n) is 5.14. The van der Waals surface area contributed by atoms with Gasteiger partial charge in [-0.05, 0) is 25.1 Å². The molecule has 0 bridgehead atoms. The number of nitrogens with two attached hydrogens (primary N) is 1. The maximum Gasteiger partial charge on any atom is 0.289 e. The number of nitriles is 1. The molecule has 0 aliphatic carbocycles. The summed E-state index contributed by atoms with van der Waals surface area (Å²) in [7, 11) is 1.49. The van der Waals surface area contributed by atoms with Crippen LogP contribution in [-0.4, -0.2) is 22.2 Å². The number of hydrogen-bond acceptors (Lipinski definition) is 4. The molecule has 25 heavy (non-hydrogen) atoms. The molecule has 0 saturated carbocycles. The molecule has 0 unspecified atom stereocenters. The van der Waals surface area contributed by atoms with Gasteiger partial charge in [0.25, 0.3) is 17.6 Å². The Balaban J connectivity index is 2.44. The van der Waals surface area contributed by atoms with Crippen LogP contribution in [0.5, 0.6) is 0 Å². The van der Waals surface area contributed by atoms with Gasteiger partial charge in [-0.3, -0.25) is 14.4 Å². The molecular formula is C16H12ClFN4O3. The number of halogens is 2. The number of anilines is 1. The first kappa shape index (κ1) is 18.2. The van der Waals surface area contributed by atoms with Crippen molar-refractivity contribution < 1.29 is 18.8 Å². The lowest BCUT2D eigenvalue weighted by Gasteiger charge is -2.08. The van der Waals surface area contributed by atoms with Crippen molar-refractivity contribution >= 4 is 34.9 Å². The quantitative estimate of drug-likeness (QED) is 0.638. The van der Waals surface area contributed by atoms with Crippen LogP contribution in [0, 0.1) is 24.1 Å². The van der Waals surface area contributed by atoms with Gasteiger partial charge in [0.1, 0.15) is 17.6 Å². The van der Waals surface area contributed by atoms with Gasteiger partial charge in [0, 0.05) is 18.4 Å². The Kier molecular flexibility index (Phi) is 4.90. The SMILES string of the molecule is Cc1c(C(=O)C(N)=O)c(Cl)c(C(=O)Nc2ccc(F)c(C#N)c2)n1C. The van der Waals surface area contributed by atoms with Crippen LogP contribution in [0.4, 0.5) is 10.1 Å². The van der Waals surface area contributed by atoms with E-state index in [9.17, 15) is 18.8 Å². The Labute approximate surface area is 146 Å². The highest BCUT2D eigenvalue weighted by Gasteiger charge is 2.28. The van der Waals surface area contributed by atoms with E-state index in [-0.39, 0.29) is 33.2 Å². The molecule has 7 nitrogen and oxygen atoms in total. The van der Waals surface area contributed by atoms with E-state index < -0.39 is 23.4 Å². The fraction of sp³-hybridized carbons (Fsp3) is 0.125. The Morgan fingerprint density at radius 2 is 2.00 bits per heavy atom. The molecule has 0 spiro atoms. The summed E-state index contributed by atoms with van der Waals surface area (Å²) in [6.07, 6.45) is 0. The summed E-state index contributed by atoms with van der Waals surface area (Å²) in [6, 6.07) is 5.12. The van der Waals surface area contributed by atoms with E-state index in [2.05, 4.69) is 5.32 Å². The molecule has 1 aromatic heterocycles. The van der Waals surface area contributed by atoms with Crippen molar-refractivity contribution in [2.45, 2.75) is 6.92 Å². The molecule has 2 aromatic rings. The molecule has 0 radical (unpaired) electrons. The fourth-order valence-corrected chi connectivity index (χ4v) is 2.71. The second kappa shape index (κ2) is 6.75. The van der Waals surface area contributed by atoms with Crippen molar-refractivity contribution in [2.24, 2.45) is 12.8 Å². The highest BCUT2D eigenvalue weighted by Crippen LogP contribution is 2.28. The van der Waals surface area contributed by atoms with E-state index >= 15 is 0 Å². The number of amides is 2. The van der Waals surface area contributed by atoms with E-state index in [0.717, 1.165) is 12.1 Å². The zero-order valence-corrected chi connectivity index (χ0v) is 13.9. The first-order chi connectivity index (χ1) is 11.7. The van der Waals surface area contributed by atoms with Crippen LogP contribution < -0.4 is 11.1 Å². The normalized spacial score (nSPS) is 10.2. The van der Waals surface area contributed by atoms with Gasteiger partial charge in [0.15, 0.2) is 0 Å². The number of nitrogens with one attached hydrogen (secondary N) is 1. The number of carbonyl (C=O) groups excluding carboxylic acids is 3. The molecule has 0 saturated heterocycles. The molecular weight excluding hydrogens is 351 g/mol. The van der Waals surface area contributed by atoms with Crippen LogP contribution in [0.15, 0.2) is 18.2 Å². The van der Waals surface area contributed by atoms with Crippen LogP contribution in [0.1, 0.15) is 32.1 Å². The monoisotopic (exact) mass is 362 g/mol. The number of carbonyl (C=O) groups is 3. The lowest BCUT2D eigenvalue weighted by molar-refractivity contribution is -0.114. The molecule has 0 fully saturated rings. The van der Waals surface area contributed by atoms with Gasteiger partial charge in [-0.25, -0.2) is 4.39 Å². The van der Waals surface area contributed by atoms with E-state index in [4.69, 9.17) is 22.6 Å². The third kappa shape index (κ3) is 3.22. The molecule has 1 heterocycles. The van der Waals surface area contributed by atoms with Crippen molar-refractivity contribution in [3.63, 3.8) is 0 Å². The molecule has 0 atom stereocenters. The van der Waals surface area contributed by atoms with E-state index in [0.29, 0.717) is 0 Å². The van der Waals surface area contributed by atoms with Crippen LogP contribution in [0.25, 0.3) is 0 Å². The molecule has 0 aliphatic heterocycles. The zero-order chi connectivity index (χ0) is 18.9. The van der Waals surface area contributed by atoms with Gasteiger partial charge >= 0.3 is 0 Å². The number of nitrogens with zero attached hydrogens (tertiary/aromatic N) is 2. The summed E-state index contributed by atoms with van der Waals surface area (Å²) in [5, 5.41) is 11.1. The molecule has 1 aromatic carbocycles. The Morgan fingerprint density at radius 3 is 2.56 bits per heavy atom. The summed E-state index contributed by atoms with van der Waals surface area (Å²) in [4.78, 5) is 35.5. The third-order valence-electron chi connectivity index (χ3n) is 3.64. The predicted molar refractivity (Wildman–Crippen MR) is 87.8 cm³/mol. The molecule has 2 rings (SSSR count). The van der Waals surface area contributed by atoms with Crippen LogP contribution in [0.3, 0.4) is 0 Å². The number of benzene rings is 1. The van der Waals surface area contributed by atoms with Crippen molar-refractivity contribution in [1.29, 1.82) is 5.26 Å². The van der Waals surface area contributed by atoms with Crippen LogP contribution in [-0.2, 0) is 11.8 Å². The molecule has 2 amide bonds. The number of ketones is 1. The number of primary amides is 1. The highest BCUT2D eigenvalue weighted by atomic mass is 35.5. The third-order valence-corrected chi connectivity index (χ3v) is 4.01. The number of hydrogen-bond donors (Lipinski definition) is 2. The predicted octanol–water partition coefficient (Wildman–Crippen LogP) is 1.92.